The van der Waals surface area contributed by atoms with Gasteiger partial charge in [0.25, 0.3) is 0 Å². The van der Waals surface area contributed by atoms with Crippen LogP contribution in [0.2, 0.25) is 0 Å². The number of likely N-dealkylation sites (tertiary alicyclic amines) is 1. The van der Waals surface area contributed by atoms with Gasteiger partial charge in [-0.25, -0.2) is 27.6 Å². The van der Waals surface area contributed by atoms with E-state index >= 15 is 0 Å². The summed E-state index contributed by atoms with van der Waals surface area (Å²) >= 11 is 0. The lowest BCUT2D eigenvalue weighted by Gasteiger charge is -2.44. The molecule has 1 amide bonds. The second-order valence-corrected chi connectivity index (χ2v) is 11.5. The molecular formula is C24H32FN5O4S. The van der Waals surface area contributed by atoms with Gasteiger partial charge in [0.05, 0.1) is 12.4 Å². The van der Waals surface area contributed by atoms with Gasteiger partial charge in [-0.2, -0.15) is 0 Å². The van der Waals surface area contributed by atoms with E-state index in [-0.39, 0.29) is 35.0 Å². The maximum Gasteiger partial charge on any atom is 0.410 e. The molecule has 1 aromatic carbocycles. The predicted molar refractivity (Wildman–Crippen MR) is 129 cm³/mol. The molecule has 2 atom stereocenters. The summed E-state index contributed by atoms with van der Waals surface area (Å²) in [5, 5.41) is 0. The first kappa shape index (κ1) is 25.3. The number of aromatic nitrogens is 2. The van der Waals surface area contributed by atoms with E-state index in [1.54, 1.807) is 17.0 Å². The second-order valence-electron chi connectivity index (χ2n) is 9.48. The van der Waals surface area contributed by atoms with Crippen molar-refractivity contribution in [3.8, 4) is 0 Å². The van der Waals surface area contributed by atoms with Crippen LogP contribution in [0.25, 0.3) is 0 Å². The van der Waals surface area contributed by atoms with E-state index < -0.39 is 9.84 Å². The Morgan fingerprint density at radius 1 is 1.06 bits per heavy atom. The average Bonchev–Trinajstić information content (AvgIpc) is 2.82. The van der Waals surface area contributed by atoms with Gasteiger partial charge >= 0.3 is 6.09 Å². The Labute approximate surface area is 205 Å². The molecule has 9 nitrogen and oxygen atoms in total. The van der Waals surface area contributed by atoms with E-state index in [1.807, 2.05) is 18.7 Å². The second kappa shape index (κ2) is 10.4. The van der Waals surface area contributed by atoms with Gasteiger partial charge in [-0.15, -0.1) is 0 Å². The first-order valence-electron chi connectivity index (χ1n) is 11.8. The Morgan fingerprint density at radius 2 is 1.69 bits per heavy atom. The van der Waals surface area contributed by atoms with Crippen LogP contribution in [0.5, 0.6) is 0 Å². The fourth-order valence-electron chi connectivity index (χ4n) is 4.55. The number of hydrogen-bond donors (Lipinski definition) is 0. The molecule has 4 rings (SSSR count). The number of anilines is 1. The van der Waals surface area contributed by atoms with E-state index in [4.69, 9.17) is 4.74 Å². The number of rotatable bonds is 5. The minimum atomic E-state index is -3.36. The molecule has 2 saturated heterocycles. The lowest BCUT2D eigenvalue weighted by atomic mass is 10.1. The Balaban J connectivity index is 1.28. The molecule has 0 spiro atoms. The van der Waals surface area contributed by atoms with Crippen LogP contribution < -0.4 is 4.90 Å². The minimum absolute atomic E-state index is 0.0552. The maximum absolute atomic E-state index is 13.1. The number of carbonyl (C=O) groups is 1. The van der Waals surface area contributed by atoms with Crippen LogP contribution in [0.3, 0.4) is 0 Å². The molecule has 35 heavy (non-hydrogen) atoms. The van der Waals surface area contributed by atoms with Crippen LogP contribution >= 0.6 is 0 Å². The van der Waals surface area contributed by atoms with E-state index in [9.17, 15) is 17.6 Å². The third kappa shape index (κ3) is 6.26. The number of nitrogens with zero attached hydrogens (tertiary/aromatic N) is 5. The zero-order valence-corrected chi connectivity index (χ0v) is 21.1. The SMILES string of the molecule is C[C@@H]1CN(c2ncc(S(C)(=O)=O)cn2)[C@@H](C)CN1C(=O)OC1CCN(Cc2ccc(F)cc2)CC1. The van der Waals surface area contributed by atoms with Crippen molar-refractivity contribution in [2.75, 3.05) is 37.3 Å². The summed E-state index contributed by atoms with van der Waals surface area (Å²) in [6, 6.07) is 6.38. The highest BCUT2D eigenvalue weighted by Crippen LogP contribution is 2.23. The van der Waals surface area contributed by atoms with E-state index in [0.29, 0.717) is 19.0 Å². The van der Waals surface area contributed by atoms with E-state index in [1.165, 1.54) is 24.5 Å². The van der Waals surface area contributed by atoms with Crippen LogP contribution in [0, 0.1) is 5.82 Å². The molecule has 0 aliphatic carbocycles. The lowest BCUT2D eigenvalue weighted by molar-refractivity contribution is 0.0165. The standard InChI is InChI=1S/C24H32FN5O4S/c1-17-15-30(18(2)14-29(17)23-26-12-22(13-27-23)35(3,32)33)24(31)34-21-8-10-28(11-9-21)16-19-4-6-20(25)7-5-19/h4-7,12-13,17-18,21H,8-11,14-16H2,1-3H3/t17-,18+/m0/s1. The van der Waals surface area contributed by atoms with Crippen molar-refractivity contribution in [1.82, 2.24) is 19.8 Å². The fraction of sp³-hybridized carbons (Fsp3) is 0.542. The number of ether oxygens (including phenoxy) is 1. The van der Waals surface area contributed by atoms with Gasteiger partial charge in [0.1, 0.15) is 16.8 Å². The van der Waals surface area contributed by atoms with Crippen LogP contribution in [0.4, 0.5) is 15.1 Å². The van der Waals surface area contributed by atoms with Crippen LogP contribution in [0.15, 0.2) is 41.6 Å². The summed E-state index contributed by atoms with van der Waals surface area (Å²) in [5.41, 5.74) is 1.07. The minimum Gasteiger partial charge on any atom is -0.446 e. The Hall–Kier alpha value is -2.79. The van der Waals surface area contributed by atoms with Crippen molar-refractivity contribution < 1.29 is 22.3 Å². The highest BCUT2D eigenvalue weighted by atomic mass is 32.2. The first-order valence-corrected chi connectivity index (χ1v) is 13.7. The van der Waals surface area contributed by atoms with E-state index in [2.05, 4.69) is 14.9 Å². The molecule has 2 aromatic rings. The molecule has 0 unspecified atom stereocenters. The largest absolute Gasteiger partial charge is 0.446 e. The summed E-state index contributed by atoms with van der Waals surface area (Å²) in [6.45, 7) is 7.30. The zero-order valence-electron chi connectivity index (χ0n) is 20.3. The number of halogens is 1. The maximum atomic E-state index is 13.1. The molecule has 0 saturated carbocycles. The summed E-state index contributed by atoms with van der Waals surface area (Å²) in [5.74, 6) is 0.208. The molecule has 1 aromatic heterocycles. The van der Waals surface area contributed by atoms with Crippen LogP contribution in [0.1, 0.15) is 32.3 Å². The Morgan fingerprint density at radius 3 is 2.29 bits per heavy atom. The first-order chi connectivity index (χ1) is 16.6. The molecule has 2 aliphatic rings. The number of piperidine rings is 1. The van der Waals surface area contributed by atoms with Crippen LogP contribution in [-0.2, 0) is 21.1 Å². The number of sulfone groups is 1. The molecule has 3 heterocycles. The third-order valence-electron chi connectivity index (χ3n) is 6.64. The molecule has 0 bridgehead atoms. The van der Waals surface area contributed by atoms with Crippen molar-refractivity contribution >= 4 is 21.9 Å². The van der Waals surface area contributed by atoms with Crippen molar-refractivity contribution in [2.45, 2.75) is 56.3 Å². The molecule has 2 aliphatic heterocycles. The van der Waals surface area contributed by atoms with Crippen molar-refractivity contribution in [3.05, 3.63) is 48.0 Å². The lowest BCUT2D eigenvalue weighted by Crippen LogP contribution is -2.59. The zero-order chi connectivity index (χ0) is 25.2. The Bertz CT molecular complexity index is 1120. The smallest absolute Gasteiger partial charge is 0.410 e. The fourth-order valence-corrected chi connectivity index (χ4v) is 5.04. The quantitative estimate of drug-likeness (QED) is 0.612. The van der Waals surface area contributed by atoms with Crippen LogP contribution in [-0.4, -0.2) is 84.9 Å². The van der Waals surface area contributed by atoms with Gasteiger partial charge in [0.15, 0.2) is 9.84 Å². The number of carbonyl (C=O) groups excluding carboxylic acids is 1. The van der Waals surface area contributed by atoms with Gasteiger partial charge in [-0.1, -0.05) is 12.1 Å². The molecule has 0 radical (unpaired) electrons. The van der Waals surface area contributed by atoms with Crippen molar-refractivity contribution in [3.63, 3.8) is 0 Å². The number of piperazine rings is 1. The highest BCUT2D eigenvalue weighted by molar-refractivity contribution is 7.90. The van der Waals surface area contributed by atoms with Gasteiger partial charge in [0, 0.05) is 51.1 Å². The van der Waals surface area contributed by atoms with Gasteiger partial charge in [-0.05, 0) is 44.4 Å². The Kier molecular flexibility index (Phi) is 7.56. The van der Waals surface area contributed by atoms with Gasteiger partial charge in [-0.3, -0.25) is 4.90 Å². The van der Waals surface area contributed by atoms with E-state index in [0.717, 1.165) is 44.3 Å². The van der Waals surface area contributed by atoms with Gasteiger partial charge < -0.3 is 14.5 Å². The summed E-state index contributed by atoms with van der Waals surface area (Å²) in [4.78, 5) is 27.5. The number of amides is 1. The molecule has 0 N–H and O–H groups in total. The number of benzene rings is 1. The highest BCUT2D eigenvalue weighted by Gasteiger charge is 2.35. The topological polar surface area (TPSA) is 95.9 Å². The third-order valence-corrected chi connectivity index (χ3v) is 7.71. The van der Waals surface area contributed by atoms with Crippen molar-refractivity contribution in [1.29, 1.82) is 0 Å². The molecule has 11 heteroatoms. The predicted octanol–water partition coefficient (Wildman–Crippen LogP) is 2.72. The number of hydrogen-bond acceptors (Lipinski definition) is 8. The molecule has 2 fully saturated rings. The normalized spacial score (nSPS) is 22.3. The monoisotopic (exact) mass is 505 g/mol. The summed E-state index contributed by atoms with van der Waals surface area (Å²) in [6.07, 6.45) is 4.84. The average molecular weight is 506 g/mol. The molecule has 190 valence electrons. The summed E-state index contributed by atoms with van der Waals surface area (Å²) in [7, 11) is -3.36. The van der Waals surface area contributed by atoms with Crippen molar-refractivity contribution in [2.24, 2.45) is 0 Å². The molecular weight excluding hydrogens is 473 g/mol. The van der Waals surface area contributed by atoms with Gasteiger partial charge in [0.2, 0.25) is 5.95 Å². The summed E-state index contributed by atoms with van der Waals surface area (Å²) < 4.78 is 42.3.